The van der Waals surface area contributed by atoms with Gasteiger partial charge in [0, 0.05) is 45.8 Å². The molecule has 5 nitrogen and oxygen atoms in total. The van der Waals surface area contributed by atoms with E-state index in [0.29, 0.717) is 11.6 Å². The normalized spacial score (nSPS) is 21.0. The quantitative estimate of drug-likeness (QED) is 0.819. The van der Waals surface area contributed by atoms with Crippen LogP contribution in [0.1, 0.15) is 35.8 Å². The largest absolute Gasteiger partial charge is 0.368 e. The Kier molecular flexibility index (Phi) is 5.91. The van der Waals surface area contributed by atoms with Crippen LogP contribution in [-0.4, -0.2) is 60.0 Å². The van der Waals surface area contributed by atoms with Gasteiger partial charge in [-0.1, -0.05) is 37.3 Å². The van der Waals surface area contributed by atoms with E-state index in [1.54, 1.807) is 0 Å². The van der Waals surface area contributed by atoms with Gasteiger partial charge in [0.2, 0.25) is 0 Å². The van der Waals surface area contributed by atoms with E-state index >= 15 is 0 Å². The van der Waals surface area contributed by atoms with Crippen LogP contribution in [0.15, 0.2) is 48.7 Å². The number of amides is 1. The molecule has 5 heteroatoms. The van der Waals surface area contributed by atoms with E-state index in [0.717, 1.165) is 57.9 Å². The number of anilines is 1. The van der Waals surface area contributed by atoms with Crippen LogP contribution in [0.3, 0.4) is 0 Å². The summed E-state index contributed by atoms with van der Waals surface area (Å²) in [5.74, 6) is 0.662. The van der Waals surface area contributed by atoms with E-state index in [1.165, 1.54) is 12.0 Å². The first-order chi connectivity index (χ1) is 13.7. The van der Waals surface area contributed by atoms with E-state index in [2.05, 4.69) is 58.1 Å². The van der Waals surface area contributed by atoms with Crippen molar-refractivity contribution < 1.29 is 4.79 Å². The summed E-state index contributed by atoms with van der Waals surface area (Å²) in [6.07, 6.45) is 4.18. The van der Waals surface area contributed by atoms with E-state index in [-0.39, 0.29) is 5.91 Å². The van der Waals surface area contributed by atoms with Gasteiger partial charge in [0.1, 0.15) is 5.69 Å². The summed E-state index contributed by atoms with van der Waals surface area (Å²) in [4.78, 5) is 24.0. The van der Waals surface area contributed by atoms with Crippen LogP contribution in [0.5, 0.6) is 0 Å². The number of rotatable bonds is 4. The average molecular weight is 379 g/mol. The highest BCUT2D eigenvalue weighted by molar-refractivity contribution is 5.92. The maximum Gasteiger partial charge on any atom is 0.272 e. The summed E-state index contributed by atoms with van der Waals surface area (Å²) in [7, 11) is 0. The SMILES string of the molecule is CC1CCCN(C(=O)c2ccc(N3CCN(Cc4ccccc4)CC3)cn2)C1. The molecule has 1 amide bonds. The number of benzene rings is 1. The first-order valence-electron chi connectivity index (χ1n) is 10.5. The fourth-order valence-corrected chi connectivity index (χ4v) is 4.24. The minimum Gasteiger partial charge on any atom is -0.368 e. The zero-order valence-corrected chi connectivity index (χ0v) is 16.8. The Bertz CT molecular complexity index is 769. The highest BCUT2D eigenvalue weighted by atomic mass is 16.2. The Morgan fingerprint density at radius 1 is 1.04 bits per heavy atom. The van der Waals surface area contributed by atoms with Crippen molar-refractivity contribution in [2.24, 2.45) is 5.92 Å². The molecule has 1 aromatic heterocycles. The molecular formula is C23H30N4O. The Labute approximate surface area is 168 Å². The molecule has 0 spiro atoms. The molecule has 1 unspecified atom stereocenters. The molecule has 28 heavy (non-hydrogen) atoms. The van der Waals surface area contributed by atoms with Crippen molar-refractivity contribution in [2.45, 2.75) is 26.3 Å². The molecule has 148 valence electrons. The number of piperidine rings is 1. The third-order valence-electron chi connectivity index (χ3n) is 5.90. The van der Waals surface area contributed by atoms with Crippen molar-refractivity contribution in [3.05, 3.63) is 59.9 Å². The van der Waals surface area contributed by atoms with Crippen LogP contribution in [0.25, 0.3) is 0 Å². The molecule has 0 bridgehead atoms. The molecule has 1 atom stereocenters. The first kappa shape index (κ1) is 18.9. The molecule has 0 radical (unpaired) electrons. The maximum atomic E-state index is 12.7. The van der Waals surface area contributed by atoms with Crippen molar-refractivity contribution in [3.8, 4) is 0 Å². The Balaban J connectivity index is 1.31. The summed E-state index contributed by atoms with van der Waals surface area (Å²) in [5.41, 5.74) is 3.05. The van der Waals surface area contributed by atoms with Gasteiger partial charge in [-0.3, -0.25) is 9.69 Å². The predicted molar refractivity (Wildman–Crippen MR) is 112 cm³/mol. The summed E-state index contributed by atoms with van der Waals surface area (Å²) >= 11 is 0. The van der Waals surface area contributed by atoms with E-state index in [1.807, 2.05) is 17.2 Å². The zero-order chi connectivity index (χ0) is 19.3. The molecule has 2 aliphatic rings. The smallest absolute Gasteiger partial charge is 0.272 e. The third-order valence-corrected chi connectivity index (χ3v) is 5.90. The second-order valence-corrected chi connectivity index (χ2v) is 8.15. The van der Waals surface area contributed by atoms with Gasteiger partial charge in [-0.2, -0.15) is 0 Å². The number of nitrogens with zero attached hydrogens (tertiary/aromatic N) is 4. The van der Waals surface area contributed by atoms with Crippen LogP contribution in [-0.2, 0) is 6.54 Å². The van der Waals surface area contributed by atoms with Gasteiger partial charge in [0.05, 0.1) is 11.9 Å². The second-order valence-electron chi connectivity index (χ2n) is 8.15. The van der Waals surface area contributed by atoms with Gasteiger partial charge < -0.3 is 9.80 Å². The Morgan fingerprint density at radius 2 is 1.82 bits per heavy atom. The first-order valence-corrected chi connectivity index (χ1v) is 10.5. The monoisotopic (exact) mass is 378 g/mol. The summed E-state index contributed by atoms with van der Waals surface area (Å²) in [6, 6.07) is 14.6. The minimum atomic E-state index is 0.0748. The van der Waals surface area contributed by atoms with Crippen LogP contribution in [0, 0.1) is 5.92 Å². The maximum absolute atomic E-state index is 12.7. The molecule has 2 aliphatic heterocycles. The number of aromatic nitrogens is 1. The van der Waals surface area contributed by atoms with Crippen molar-refractivity contribution in [1.82, 2.24) is 14.8 Å². The molecule has 4 rings (SSSR count). The lowest BCUT2D eigenvalue weighted by Gasteiger charge is -2.36. The van der Waals surface area contributed by atoms with Crippen LogP contribution < -0.4 is 4.90 Å². The molecule has 0 N–H and O–H groups in total. The molecule has 2 aromatic rings. The number of hydrogen-bond acceptors (Lipinski definition) is 4. The number of hydrogen-bond donors (Lipinski definition) is 0. The lowest BCUT2D eigenvalue weighted by atomic mass is 10.00. The number of piperazine rings is 1. The Hall–Kier alpha value is -2.40. The second kappa shape index (κ2) is 8.74. The highest BCUT2D eigenvalue weighted by Crippen LogP contribution is 2.20. The fourth-order valence-electron chi connectivity index (χ4n) is 4.24. The molecule has 2 fully saturated rings. The standard InChI is InChI=1S/C23H30N4O/c1-19-6-5-11-27(17-19)23(28)22-10-9-21(16-24-22)26-14-12-25(13-15-26)18-20-7-3-2-4-8-20/h2-4,7-10,16,19H,5-6,11-15,17-18H2,1H3. The summed E-state index contributed by atoms with van der Waals surface area (Å²) in [5, 5.41) is 0. The fraction of sp³-hybridized carbons (Fsp3) is 0.478. The lowest BCUT2D eigenvalue weighted by Crippen LogP contribution is -2.46. The van der Waals surface area contributed by atoms with Crippen LogP contribution >= 0.6 is 0 Å². The molecule has 1 aromatic carbocycles. The van der Waals surface area contributed by atoms with Crippen molar-refractivity contribution in [2.75, 3.05) is 44.2 Å². The van der Waals surface area contributed by atoms with Gasteiger partial charge in [-0.05, 0) is 36.5 Å². The van der Waals surface area contributed by atoms with E-state index < -0.39 is 0 Å². The third kappa shape index (κ3) is 4.53. The van der Waals surface area contributed by atoms with Crippen molar-refractivity contribution >= 4 is 11.6 Å². The Morgan fingerprint density at radius 3 is 2.50 bits per heavy atom. The topological polar surface area (TPSA) is 39.7 Å². The van der Waals surface area contributed by atoms with Gasteiger partial charge >= 0.3 is 0 Å². The molecule has 0 aliphatic carbocycles. The van der Waals surface area contributed by atoms with Crippen molar-refractivity contribution in [1.29, 1.82) is 0 Å². The van der Waals surface area contributed by atoms with Gasteiger partial charge in [0.15, 0.2) is 0 Å². The number of carbonyl (C=O) groups is 1. The number of carbonyl (C=O) groups excluding carboxylic acids is 1. The zero-order valence-electron chi connectivity index (χ0n) is 16.8. The predicted octanol–water partition coefficient (Wildman–Crippen LogP) is 3.28. The number of likely N-dealkylation sites (tertiary alicyclic amines) is 1. The molecule has 0 saturated carbocycles. The summed E-state index contributed by atoms with van der Waals surface area (Å²) in [6.45, 7) is 9.00. The number of pyridine rings is 1. The van der Waals surface area contributed by atoms with Crippen LogP contribution in [0.4, 0.5) is 5.69 Å². The van der Waals surface area contributed by atoms with Gasteiger partial charge in [-0.15, -0.1) is 0 Å². The van der Waals surface area contributed by atoms with E-state index in [9.17, 15) is 4.79 Å². The molecule has 2 saturated heterocycles. The highest BCUT2D eigenvalue weighted by Gasteiger charge is 2.23. The molecular weight excluding hydrogens is 348 g/mol. The van der Waals surface area contributed by atoms with Gasteiger partial charge in [0.25, 0.3) is 5.91 Å². The van der Waals surface area contributed by atoms with Crippen LogP contribution in [0.2, 0.25) is 0 Å². The van der Waals surface area contributed by atoms with Crippen molar-refractivity contribution in [3.63, 3.8) is 0 Å². The lowest BCUT2D eigenvalue weighted by molar-refractivity contribution is 0.0677. The minimum absolute atomic E-state index is 0.0748. The van der Waals surface area contributed by atoms with E-state index in [4.69, 9.17) is 0 Å². The van der Waals surface area contributed by atoms with Gasteiger partial charge in [-0.25, -0.2) is 4.98 Å². The molecule has 3 heterocycles. The average Bonchev–Trinajstić information content (AvgIpc) is 2.75. The summed E-state index contributed by atoms with van der Waals surface area (Å²) < 4.78 is 0.